The SMILES string of the molecule is CN(C)c1ccc(NC(=O)c2ccco2)cc1CN(C(=O)CC(C)(C)C)C1CCCCC1. The van der Waals surface area contributed by atoms with Gasteiger partial charge in [0.05, 0.1) is 6.26 Å². The van der Waals surface area contributed by atoms with Crippen molar-refractivity contribution in [3.8, 4) is 0 Å². The highest BCUT2D eigenvalue weighted by Gasteiger charge is 2.29. The van der Waals surface area contributed by atoms with Crippen LogP contribution in [0, 0.1) is 5.41 Å². The van der Waals surface area contributed by atoms with Crippen LogP contribution in [0.25, 0.3) is 0 Å². The number of nitrogens with zero attached hydrogens (tertiary/aromatic N) is 2. The third kappa shape index (κ3) is 6.38. The minimum Gasteiger partial charge on any atom is -0.459 e. The number of furan rings is 1. The molecule has 3 rings (SSSR count). The average Bonchev–Trinajstić information content (AvgIpc) is 3.26. The van der Waals surface area contributed by atoms with Crippen molar-refractivity contribution in [2.75, 3.05) is 24.3 Å². The predicted octanol–water partition coefficient (Wildman–Crippen LogP) is 5.70. The van der Waals surface area contributed by atoms with E-state index in [4.69, 9.17) is 4.42 Å². The smallest absolute Gasteiger partial charge is 0.291 e. The monoisotopic (exact) mass is 439 g/mol. The van der Waals surface area contributed by atoms with Crippen molar-refractivity contribution < 1.29 is 14.0 Å². The first-order chi connectivity index (χ1) is 15.1. The molecule has 0 atom stereocenters. The van der Waals surface area contributed by atoms with E-state index < -0.39 is 0 Å². The van der Waals surface area contributed by atoms with Crippen molar-refractivity contribution in [1.82, 2.24) is 4.90 Å². The quantitative estimate of drug-likeness (QED) is 0.601. The molecule has 32 heavy (non-hydrogen) atoms. The van der Waals surface area contributed by atoms with Gasteiger partial charge in [0, 0.05) is 44.5 Å². The first kappa shape index (κ1) is 23.9. The second-order valence-electron chi connectivity index (χ2n) is 10.2. The fraction of sp³-hybridized carbons (Fsp3) is 0.538. The van der Waals surface area contributed by atoms with Gasteiger partial charge in [0.25, 0.3) is 5.91 Å². The Bertz CT molecular complexity index is 907. The fourth-order valence-corrected chi connectivity index (χ4v) is 4.38. The highest BCUT2D eigenvalue weighted by molar-refractivity contribution is 6.02. The first-order valence-corrected chi connectivity index (χ1v) is 11.6. The summed E-state index contributed by atoms with van der Waals surface area (Å²) in [6, 6.07) is 9.48. The molecule has 2 amide bonds. The Kier molecular flexibility index (Phi) is 7.64. The zero-order valence-corrected chi connectivity index (χ0v) is 20.1. The highest BCUT2D eigenvalue weighted by Crippen LogP contribution is 2.31. The second kappa shape index (κ2) is 10.2. The predicted molar refractivity (Wildman–Crippen MR) is 129 cm³/mol. The van der Waals surface area contributed by atoms with E-state index in [1.807, 2.05) is 32.3 Å². The normalized spacial score (nSPS) is 14.8. The zero-order chi connectivity index (χ0) is 23.3. The van der Waals surface area contributed by atoms with E-state index in [-0.39, 0.29) is 29.0 Å². The maximum Gasteiger partial charge on any atom is 0.291 e. The molecule has 1 aliphatic rings. The van der Waals surface area contributed by atoms with Crippen LogP contribution in [0.5, 0.6) is 0 Å². The van der Waals surface area contributed by atoms with Gasteiger partial charge in [-0.15, -0.1) is 0 Å². The summed E-state index contributed by atoms with van der Waals surface area (Å²) in [6.45, 7) is 6.87. The third-order valence-corrected chi connectivity index (χ3v) is 5.92. The standard InChI is InChI=1S/C26H37N3O3/c1-26(2,3)17-24(30)29(21-10-7-6-8-11-21)18-19-16-20(13-14-22(19)28(4)5)27-25(31)23-12-9-15-32-23/h9,12-16,21H,6-8,10-11,17-18H2,1-5H3,(H,27,31). The molecule has 174 valence electrons. The molecule has 0 unspecified atom stereocenters. The van der Waals surface area contributed by atoms with Crippen LogP contribution in [-0.2, 0) is 11.3 Å². The molecular formula is C26H37N3O3. The van der Waals surface area contributed by atoms with E-state index in [9.17, 15) is 9.59 Å². The molecule has 1 heterocycles. The first-order valence-electron chi connectivity index (χ1n) is 11.6. The van der Waals surface area contributed by atoms with Crippen molar-refractivity contribution >= 4 is 23.2 Å². The number of rotatable bonds is 7. The van der Waals surface area contributed by atoms with E-state index in [2.05, 4.69) is 35.9 Å². The van der Waals surface area contributed by atoms with Gasteiger partial charge >= 0.3 is 0 Å². The Balaban J connectivity index is 1.88. The van der Waals surface area contributed by atoms with Gasteiger partial charge in [-0.25, -0.2) is 0 Å². The number of hydrogen-bond donors (Lipinski definition) is 1. The van der Waals surface area contributed by atoms with Gasteiger partial charge < -0.3 is 19.5 Å². The van der Waals surface area contributed by atoms with Crippen LogP contribution in [0.3, 0.4) is 0 Å². The molecule has 6 heteroatoms. The molecule has 1 aromatic heterocycles. The van der Waals surface area contributed by atoms with Gasteiger partial charge in [0.15, 0.2) is 5.76 Å². The van der Waals surface area contributed by atoms with Crippen molar-refractivity contribution in [2.24, 2.45) is 5.41 Å². The lowest BCUT2D eigenvalue weighted by atomic mass is 9.89. The summed E-state index contributed by atoms with van der Waals surface area (Å²) >= 11 is 0. The van der Waals surface area contributed by atoms with E-state index in [1.165, 1.54) is 25.5 Å². The van der Waals surface area contributed by atoms with E-state index in [0.29, 0.717) is 18.7 Å². The number of anilines is 2. The van der Waals surface area contributed by atoms with Crippen molar-refractivity contribution in [3.05, 3.63) is 47.9 Å². The Morgan fingerprint density at radius 1 is 1.09 bits per heavy atom. The number of carbonyl (C=O) groups excluding carboxylic acids is 2. The third-order valence-electron chi connectivity index (χ3n) is 5.92. The topological polar surface area (TPSA) is 65.8 Å². The summed E-state index contributed by atoms with van der Waals surface area (Å²) in [7, 11) is 4.00. The molecule has 1 aliphatic carbocycles. The maximum absolute atomic E-state index is 13.4. The van der Waals surface area contributed by atoms with Crippen molar-refractivity contribution in [1.29, 1.82) is 0 Å². The summed E-state index contributed by atoms with van der Waals surface area (Å²) in [5.74, 6) is 0.193. The minimum absolute atomic E-state index is 0.0623. The maximum atomic E-state index is 13.4. The van der Waals surface area contributed by atoms with Crippen LogP contribution in [0.4, 0.5) is 11.4 Å². The van der Waals surface area contributed by atoms with E-state index >= 15 is 0 Å². The largest absolute Gasteiger partial charge is 0.459 e. The van der Waals surface area contributed by atoms with Gasteiger partial charge in [-0.05, 0) is 54.2 Å². The number of hydrogen-bond acceptors (Lipinski definition) is 4. The van der Waals surface area contributed by atoms with Gasteiger partial charge in [-0.2, -0.15) is 0 Å². The second-order valence-corrected chi connectivity index (χ2v) is 10.2. The number of amides is 2. The van der Waals surface area contributed by atoms with Crippen LogP contribution in [0.15, 0.2) is 41.0 Å². The molecule has 1 fully saturated rings. The lowest BCUT2D eigenvalue weighted by Gasteiger charge is -2.37. The highest BCUT2D eigenvalue weighted by atomic mass is 16.3. The molecule has 0 bridgehead atoms. The molecular weight excluding hydrogens is 402 g/mol. The number of carbonyl (C=O) groups is 2. The molecule has 0 aliphatic heterocycles. The van der Waals surface area contributed by atoms with Crippen LogP contribution in [0.1, 0.15) is 75.4 Å². The van der Waals surface area contributed by atoms with Crippen LogP contribution < -0.4 is 10.2 Å². The Labute approximate surface area is 192 Å². The van der Waals surface area contributed by atoms with Crippen LogP contribution in [0.2, 0.25) is 0 Å². The average molecular weight is 440 g/mol. The van der Waals surface area contributed by atoms with E-state index in [0.717, 1.165) is 24.1 Å². The molecule has 1 saturated carbocycles. The molecule has 2 aromatic rings. The fourth-order valence-electron chi connectivity index (χ4n) is 4.38. The lowest BCUT2D eigenvalue weighted by molar-refractivity contribution is -0.136. The Hall–Kier alpha value is -2.76. The molecule has 0 spiro atoms. The molecule has 6 nitrogen and oxygen atoms in total. The van der Waals surface area contributed by atoms with Crippen LogP contribution >= 0.6 is 0 Å². The van der Waals surface area contributed by atoms with Crippen molar-refractivity contribution in [2.45, 2.75) is 71.9 Å². The number of benzene rings is 1. The lowest BCUT2D eigenvalue weighted by Crippen LogP contribution is -2.42. The van der Waals surface area contributed by atoms with E-state index in [1.54, 1.807) is 12.1 Å². The summed E-state index contributed by atoms with van der Waals surface area (Å²) < 4.78 is 5.21. The molecule has 0 saturated heterocycles. The Morgan fingerprint density at radius 2 is 1.81 bits per heavy atom. The number of nitrogens with one attached hydrogen (secondary N) is 1. The molecule has 0 radical (unpaired) electrons. The van der Waals surface area contributed by atoms with Gasteiger partial charge in [-0.1, -0.05) is 40.0 Å². The Morgan fingerprint density at radius 3 is 2.41 bits per heavy atom. The van der Waals surface area contributed by atoms with Gasteiger partial charge in [0.1, 0.15) is 0 Å². The molecule has 1 N–H and O–H groups in total. The molecule has 1 aromatic carbocycles. The minimum atomic E-state index is -0.286. The van der Waals surface area contributed by atoms with Gasteiger partial charge in [-0.3, -0.25) is 9.59 Å². The summed E-state index contributed by atoms with van der Waals surface area (Å²) in [5, 5.41) is 2.92. The van der Waals surface area contributed by atoms with Gasteiger partial charge in [0.2, 0.25) is 5.91 Å². The van der Waals surface area contributed by atoms with Crippen LogP contribution in [-0.4, -0.2) is 36.9 Å². The van der Waals surface area contributed by atoms with Crippen molar-refractivity contribution in [3.63, 3.8) is 0 Å². The summed E-state index contributed by atoms with van der Waals surface area (Å²) in [4.78, 5) is 30.0. The zero-order valence-electron chi connectivity index (χ0n) is 20.1. The summed E-state index contributed by atoms with van der Waals surface area (Å²) in [6.07, 6.45) is 7.71. The summed E-state index contributed by atoms with van der Waals surface area (Å²) in [5.41, 5.74) is 2.71.